The Hall–Kier alpha value is -3.34. The van der Waals surface area contributed by atoms with Crippen LogP contribution in [-0.4, -0.2) is 73.6 Å². The second-order valence-corrected chi connectivity index (χ2v) is 8.32. The van der Waals surface area contributed by atoms with E-state index in [1.165, 1.54) is 0 Å². The third-order valence-corrected chi connectivity index (χ3v) is 6.13. The Labute approximate surface area is 194 Å². The minimum Gasteiger partial charge on any atom is -0.478 e. The lowest BCUT2D eigenvalue weighted by Gasteiger charge is -2.40. The van der Waals surface area contributed by atoms with E-state index < -0.39 is 49.1 Å². The monoisotopic (exact) mass is 468 g/mol. The van der Waals surface area contributed by atoms with Gasteiger partial charge in [0, 0.05) is 0 Å². The number of carboxylic acid groups (broad SMARTS) is 2. The summed E-state index contributed by atoms with van der Waals surface area (Å²) < 4.78 is 5.63. The topological polar surface area (TPSA) is 165 Å². The van der Waals surface area contributed by atoms with Gasteiger partial charge in [-0.1, -0.05) is 48.5 Å². The maximum atomic E-state index is 11.6. The summed E-state index contributed by atoms with van der Waals surface area (Å²) in [6, 6.07) is 14.8. The average molecular weight is 468 g/mol. The third kappa shape index (κ3) is 4.39. The van der Waals surface area contributed by atoms with Crippen LogP contribution in [0.2, 0.25) is 0 Å². The first-order valence-electron chi connectivity index (χ1n) is 10.6. The number of carboxylic acids is 2. The quantitative estimate of drug-likeness (QED) is 0.313. The van der Waals surface area contributed by atoms with Crippen molar-refractivity contribution in [2.75, 3.05) is 6.61 Å². The molecule has 0 bridgehead atoms. The fraction of sp³-hybridized carbons (Fsp3) is 0.280. The summed E-state index contributed by atoms with van der Waals surface area (Å²) in [5, 5.41) is 58.8. The Kier molecular flexibility index (Phi) is 6.65. The van der Waals surface area contributed by atoms with Gasteiger partial charge in [-0.2, -0.15) is 0 Å². The summed E-state index contributed by atoms with van der Waals surface area (Å²) in [5.41, 5.74) is 2.64. The maximum Gasteiger partial charge on any atom is 0.336 e. The van der Waals surface area contributed by atoms with Gasteiger partial charge in [0.25, 0.3) is 0 Å². The van der Waals surface area contributed by atoms with Gasteiger partial charge in [-0.15, -0.1) is 0 Å². The number of ether oxygens (including phenoxy) is 1. The first-order chi connectivity index (χ1) is 16.2. The predicted octanol–water partition coefficient (Wildman–Crippen LogP) is 1.29. The van der Waals surface area contributed by atoms with Crippen molar-refractivity contribution in [1.29, 1.82) is 0 Å². The number of carbonyl (C=O) groups is 2. The average Bonchev–Trinajstić information content (AvgIpc) is 3.07. The fourth-order valence-corrected chi connectivity index (χ4v) is 4.35. The Morgan fingerprint density at radius 3 is 1.94 bits per heavy atom. The van der Waals surface area contributed by atoms with Crippen molar-refractivity contribution in [3.05, 3.63) is 82.4 Å². The number of aliphatic hydroxyl groups excluding tert-OH is 4. The molecular weight excluding hydrogens is 444 g/mol. The van der Waals surface area contributed by atoms with E-state index in [2.05, 4.69) is 0 Å². The minimum atomic E-state index is -1.48. The summed E-state index contributed by atoms with van der Waals surface area (Å²) in [6.07, 6.45) is -5.88. The molecule has 178 valence electrons. The first kappa shape index (κ1) is 23.8. The molecule has 0 spiro atoms. The molecule has 1 aromatic rings. The standard InChI is InChI=1S/C25H24O9/c26-11-19-20(27)21(28)22(29)23(34-19)14-3-1-2-13(9-14)8-12-4-6-15-16(7-5-12)18(25(32)33)10-17(15)24(30)31/h1-7,9-10,19-23,26-29H,8,11H2,(H,30,31)(H,32,33)/t19-,20-,21+,22-,23+/m1/s1. The smallest absolute Gasteiger partial charge is 0.336 e. The highest BCUT2D eigenvalue weighted by atomic mass is 16.5. The Morgan fingerprint density at radius 2 is 1.38 bits per heavy atom. The largest absolute Gasteiger partial charge is 0.478 e. The Balaban J connectivity index is 1.64. The molecule has 0 amide bonds. The maximum absolute atomic E-state index is 11.6. The van der Waals surface area contributed by atoms with E-state index in [-0.39, 0.29) is 11.1 Å². The number of benzene rings is 1. The molecule has 2 aliphatic carbocycles. The zero-order valence-electron chi connectivity index (χ0n) is 17.9. The lowest BCUT2D eigenvalue weighted by Crippen LogP contribution is -2.55. The van der Waals surface area contributed by atoms with E-state index in [9.17, 15) is 40.2 Å². The summed E-state index contributed by atoms with van der Waals surface area (Å²) in [7, 11) is 0. The molecule has 3 aliphatic rings. The van der Waals surface area contributed by atoms with Gasteiger partial charge in [0.2, 0.25) is 0 Å². The molecule has 1 saturated heterocycles. The van der Waals surface area contributed by atoms with Crippen molar-refractivity contribution >= 4 is 11.9 Å². The molecule has 0 saturated carbocycles. The molecule has 1 fully saturated rings. The molecule has 0 radical (unpaired) electrons. The summed E-state index contributed by atoms with van der Waals surface area (Å²) in [4.78, 5) is 23.1. The van der Waals surface area contributed by atoms with E-state index in [0.29, 0.717) is 23.1 Å². The molecule has 9 nitrogen and oxygen atoms in total. The van der Waals surface area contributed by atoms with Crippen molar-refractivity contribution in [1.82, 2.24) is 0 Å². The van der Waals surface area contributed by atoms with Crippen LogP contribution in [0.15, 0.2) is 54.6 Å². The van der Waals surface area contributed by atoms with Gasteiger partial charge in [0.05, 0.1) is 17.7 Å². The number of fused-ring (bicyclic) bond motifs is 1. The second kappa shape index (κ2) is 9.49. The van der Waals surface area contributed by atoms with Crippen LogP contribution in [0.1, 0.15) is 43.5 Å². The van der Waals surface area contributed by atoms with E-state index >= 15 is 0 Å². The second-order valence-electron chi connectivity index (χ2n) is 8.32. The van der Waals surface area contributed by atoms with Gasteiger partial charge in [0.15, 0.2) is 0 Å². The van der Waals surface area contributed by atoms with Gasteiger partial charge in [-0.3, -0.25) is 0 Å². The van der Waals surface area contributed by atoms with Crippen molar-refractivity contribution in [3.63, 3.8) is 0 Å². The van der Waals surface area contributed by atoms with E-state index in [1.54, 1.807) is 42.5 Å². The van der Waals surface area contributed by atoms with Crippen molar-refractivity contribution in [2.24, 2.45) is 0 Å². The molecule has 1 aliphatic heterocycles. The van der Waals surface area contributed by atoms with Crippen LogP contribution in [0.25, 0.3) is 11.1 Å². The van der Waals surface area contributed by atoms with E-state index in [0.717, 1.165) is 17.2 Å². The molecule has 1 aromatic carbocycles. The SMILES string of the molecule is O=C(O)c1cc(C(=O)O)c2ccc(Cc3cccc([C@@H]4O[C@H](CO)[C@@H](O)[C@H](O)[C@H]4O)c3)ccc1-2. The van der Waals surface area contributed by atoms with Gasteiger partial charge >= 0.3 is 11.9 Å². The number of rotatable bonds is 6. The van der Waals surface area contributed by atoms with Crippen LogP contribution in [0.5, 0.6) is 0 Å². The molecule has 0 unspecified atom stereocenters. The molecule has 6 N–H and O–H groups in total. The molecule has 34 heavy (non-hydrogen) atoms. The lowest BCUT2D eigenvalue weighted by molar-refractivity contribution is -0.231. The number of hydrogen-bond acceptors (Lipinski definition) is 7. The van der Waals surface area contributed by atoms with Crippen LogP contribution in [0.4, 0.5) is 0 Å². The molecular formula is C25H24O9. The van der Waals surface area contributed by atoms with E-state index in [4.69, 9.17) is 4.74 Å². The third-order valence-electron chi connectivity index (χ3n) is 6.13. The zero-order chi connectivity index (χ0) is 24.6. The van der Waals surface area contributed by atoms with Gasteiger partial charge in [-0.05, 0) is 40.3 Å². The van der Waals surface area contributed by atoms with Gasteiger partial charge in [0.1, 0.15) is 30.5 Å². The fourth-order valence-electron chi connectivity index (χ4n) is 4.35. The molecule has 5 atom stereocenters. The van der Waals surface area contributed by atoms with Crippen LogP contribution >= 0.6 is 0 Å². The lowest BCUT2D eigenvalue weighted by atomic mass is 9.90. The zero-order valence-corrected chi connectivity index (χ0v) is 17.9. The van der Waals surface area contributed by atoms with Gasteiger partial charge < -0.3 is 35.4 Å². The van der Waals surface area contributed by atoms with Crippen LogP contribution in [-0.2, 0) is 11.2 Å². The van der Waals surface area contributed by atoms with Crippen LogP contribution < -0.4 is 0 Å². The molecule has 9 heteroatoms. The molecule has 4 rings (SSSR count). The summed E-state index contributed by atoms with van der Waals surface area (Å²) >= 11 is 0. The van der Waals surface area contributed by atoms with Gasteiger partial charge in [-0.25, -0.2) is 9.59 Å². The van der Waals surface area contributed by atoms with Crippen molar-refractivity contribution < 1.29 is 45.0 Å². The Bertz CT molecular complexity index is 1140. The highest BCUT2D eigenvalue weighted by Gasteiger charge is 2.43. The van der Waals surface area contributed by atoms with Crippen LogP contribution in [0, 0.1) is 0 Å². The normalized spacial score (nSPS) is 24.8. The summed E-state index contributed by atoms with van der Waals surface area (Å²) in [5.74, 6) is -2.42. The number of aliphatic hydroxyl groups is 4. The minimum absolute atomic E-state index is 0.0841. The first-order valence-corrected chi connectivity index (χ1v) is 10.6. The van der Waals surface area contributed by atoms with Crippen molar-refractivity contribution in [3.8, 4) is 11.1 Å². The predicted molar refractivity (Wildman–Crippen MR) is 119 cm³/mol. The van der Waals surface area contributed by atoms with Crippen LogP contribution in [0.3, 0.4) is 0 Å². The highest BCUT2D eigenvalue weighted by molar-refractivity contribution is 6.06. The number of aromatic carboxylic acids is 2. The highest BCUT2D eigenvalue weighted by Crippen LogP contribution is 2.34. The molecule has 1 heterocycles. The summed E-state index contributed by atoms with van der Waals surface area (Å²) in [6.45, 7) is -0.519. The number of hydrogen-bond donors (Lipinski definition) is 6. The Morgan fingerprint density at radius 1 is 0.765 bits per heavy atom. The van der Waals surface area contributed by atoms with Crippen molar-refractivity contribution in [2.45, 2.75) is 36.9 Å². The molecule has 0 aromatic heterocycles. The van der Waals surface area contributed by atoms with E-state index in [1.807, 2.05) is 6.07 Å².